The maximum absolute atomic E-state index is 11.8. The molecule has 1 atom stereocenters. The number of thioether (sulfide) groups is 1. The zero-order valence-electron chi connectivity index (χ0n) is 10.1. The van der Waals surface area contributed by atoms with Crippen LogP contribution in [0.2, 0.25) is 0 Å². The number of carbonyl (C=O) groups excluding carboxylic acids is 1. The third-order valence-electron chi connectivity index (χ3n) is 2.60. The molecule has 0 aliphatic heterocycles. The summed E-state index contributed by atoms with van der Waals surface area (Å²) in [6, 6.07) is 7.11. The van der Waals surface area contributed by atoms with Gasteiger partial charge in [0.25, 0.3) is 0 Å². The Morgan fingerprint density at radius 3 is 3.06 bits per heavy atom. The van der Waals surface area contributed by atoms with Crippen LogP contribution < -0.4 is 11.1 Å². The summed E-state index contributed by atoms with van der Waals surface area (Å²) in [4.78, 5) is 19.1. The van der Waals surface area contributed by atoms with Crippen LogP contribution in [0, 0.1) is 0 Å². The van der Waals surface area contributed by atoms with Crippen molar-refractivity contribution in [3.63, 3.8) is 0 Å². The van der Waals surface area contributed by atoms with Crippen LogP contribution in [0.1, 0.15) is 6.42 Å². The number of nitrogens with two attached hydrogens (primary N) is 1. The molecule has 18 heavy (non-hydrogen) atoms. The number of H-pyrrole nitrogens is 1. The van der Waals surface area contributed by atoms with Crippen molar-refractivity contribution >= 4 is 34.7 Å². The van der Waals surface area contributed by atoms with E-state index in [9.17, 15) is 4.79 Å². The molecule has 1 unspecified atom stereocenters. The van der Waals surface area contributed by atoms with Gasteiger partial charge in [-0.25, -0.2) is 4.98 Å². The molecule has 0 fully saturated rings. The highest BCUT2D eigenvalue weighted by atomic mass is 32.2. The van der Waals surface area contributed by atoms with Crippen molar-refractivity contribution in [2.45, 2.75) is 12.5 Å². The molecule has 1 aromatic heterocycles. The third kappa shape index (κ3) is 3.02. The molecule has 2 rings (SSSR count). The highest BCUT2D eigenvalue weighted by molar-refractivity contribution is 7.98. The molecular formula is C12H16N4OS. The second-order valence-corrected chi connectivity index (χ2v) is 4.97. The molecular weight excluding hydrogens is 248 g/mol. The first-order valence-corrected chi connectivity index (χ1v) is 7.10. The first-order chi connectivity index (χ1) is 8.70. The molecule has 1 amide bonds. The highest BCUT2D eigenvalue weighted by Gasteiger charge is 2.14. The lowest BCUT2D eigenvalue weighted by molar-refractivity contribution is -0.117. The number of benzene rings is 1. The molecule has 0 aliphatic rings. The molecule has 0 bridgehead atoms. The number of carbonyl (C=O) groups is 1. The maximum atomic E-state index is 11.8. The highest BCUT2D eigenvalue weighted by Crippen LogP contribution is 2.13. The topological polar surface area (TPSA) is 83.8 Å². The fourth-order valence-electron chi connectivity index (χ4n) is 1.60. The number of aromatic nitrogens is 2. The number of amides is 1. The minimum Gasteiger partial charge on any atom is -0.324 e. The van der Waals surface area contributed by atoms with Crippen molar-refractivity contribution in [1.29, 1.82) is 0 Å². The van der Waals surface area contributed by atoms with E-state index in [4.69, 9.17) is 5.73 Å². The molecule has 2 aromatic rings. The molecule has 96 valence electrons. The van der Waals surface area contributed by atoms with E-state index < -0.39 is 6.04 Å². The second-order valence-electron chi connectivity index (χ2n) is 3.98. The molecule has 6 heteroatoms. The van der Waals surface area contributed by atoms with E-state index in [2.05, 4.69) is 15.3 Å². The van der Waals surface area contributed by atoms with Crippen molar-refractivity contribution in [2.75, 3.05) is 17.3 Å². The fraction of sp³-hybridized carbons (Fsp3) is 0.333. The van der Waals surface area contributed by atoms with Gasteiger partial charge in [0.05, 0.1) is 17.1 Å². The maximum Gasteiger partial charge on any atom is 0.243 e. The summed E-state index contributed by atoms with van der Waals surface area (Å²) in [5, 5.41) is 2.70. The van der Waals surface area contributed by atoms with Gasteiger partial charge in [-0.3, -0.25) is 10.1 Å². The van der Waals surface area contributed by atoms with Crippen molar-refractivity contribution < 1.29 is 4.79 Å². The van der Waals surface area contributed by atoms with Gasteiger partial charge in [-0.05, 0) is 30.6 Å². The van der Waals surface area contributed by atoms with Gasteiger partial charge in [0.1, 0.15) is 0 Å². The number of rotatable bonds is 5. The summed E-state index contributed by atoms with van der Waals surface area (Å²) in [6.45, 7) is 0. The van der Waals surface area contributed by atoms with E-state index in [1.165, 1.54) is 0 Å². The average Bonchev–Trinajstić information content (AvgIpc) is 2.77. The van der Waals surface area contributed by atoms with Gasteiger partial charge in [-0.15, -0.1) is 0 Å². The summed E-state index contributed by atoms with van der Waals surface area (Å²) in [5.74, 6) is 1.11. The Morgan fingerprint density at radius 2 is 2.33 bits per heavy atom. The Labute approximate surface area is 110 Å². The van der Waals surface area contributed by atoms with Crippen LogP contribution in [0.4, 0.5) is 5.95 Å². The van der Waals surface area contributed by atoms with E-state index in [-0.39, 0.29) is 5.91 Å². The number of nitrogens with zero attached hydrogens (tertiary/aromatic N) is 1. The largest absolute Gasteiger partial charge is 0.324 e. The standard InChI is InChI=1S/C12H16N4OS/c1-18-7-6-8(13)11(17)16-12-14-9-4-2-3-5-10(9)15-12/h2-5,8H,6-7,13H2,1H3,(H2,14,15,16,17). The molecule has 4 N–H and O–H groups in total. The number of hydrogen-bond donors (Lipinski definition) is 3. The van der Waals surface area contributed by atoms with Gasteiger partial charge in [0.15, 0.2) is 0 Å². The predicted molar refractivity (Wildman–Crippen MR) is 75.7 cm³/mol. The first-order valence-electron chi connectivity index (χ1n) is 5.71. The summed E-state index contributed by atoms with van der Waals surface area (Å²) in [6.07, 6.45) is 2.65. The molecule has 1 aromatic carbocycles. The Balaban J connectivity index is 2.02. The zero-order valence-corrected chi connectivity index (χ0v) is 11.0. The molecule has 0 radical (unpaired) electrons. The number of aromatic amines is 1. The quantitative estimate of drug-likeness (QED) is 0.765. The lowest BCUT2D eigenvalue weighted by Gasteiger charge is -2.09. The summed E-state index contributed by atoms with van der Waals surface area (Å²) >= 11 is 1.67. The van der Waals surface area contributed by atoms with E-state index in [0.29, 0.717) is 12.4 Å². The van der Waals surface area contributed by atoms with Crippen LogP contribution in [0.25, 0.3) is 11.0 Å². The number of para-hydroxylation sites is 2. The SMILES string of the molecule is CSCCC(N)C(=O)Nc1nc2ccccc2[nH]1. The Morgan fingerprint density at radius 1 is 1.56 bits per heavy atom. The monoisotopic (exact) mass is 264 g/mol. The van der Waals surface area contributed by atoms with Gasteiger partial charge in [-0.1, -0.05) is 12.1 Å². The van der Waals surface area contributed by atoms with Gasteiger partial charge < -0.3 is 10.7 Å². The molecule has 0 saturated carbocycles. The number of fused-ring (bicyclic) bond motifs is 1. The lowest BCUT2D eigenvalue weighted by Crippen LogP contribution is -2.36. The minimum absolute atomic E-state index is 0.205. The van der Waals surface area contributed by atoms with Crippen LogP contribution in [0.5, 0.6) is 0 Å². The Bertz CT molecular complexity index is 507. The van der Waals surface area contributed by atoms with Crippen molar-refractivity contribution in [2.24, 2.45) is 5.73 Å². The zero-order chi connectivity index (χ0) is 13.0. The van der Waals surface area contributed by atoms with E-state index in [1.807, 2.05) is 30.5 Å². The average molecular weight is 264 g/mol. The molecule has 5 nitrogen and oxygen atoms in total. The van der Waals surface area contributed by atoms with Crippen LogP contribution in [0.3, 0.4) is 0 Å². The van der Waals surface area contributed by atoms with Crippen molar-refractivity contribution in [3.05, 3.63) is 24.3 Å². The molecule has 0 saturated heterocycles. The van der Waals surface area contributed by atoms with Crippen LogP contribution in [0.15, 0.2) is 24.3 Å². The smallest absolute Gasteiger partial charge is 0.243 e. The predicted octanol–water partition coefficient (Wildman–Crippen LogP) is 1.58. The van der Waals surface area contributed by atoms with Gasteiger partial charge >= 0.3 is 0 Å². The molecule has 1 heterocycles. The summed E-state index contributed by atoms with van der Waals surface area (Å²) in [5.41, 5.74) is 7.50. The fourth-order valence-corrected chi connectivity index (χ4v) is 2.09. The second kappa shape index (κ2) is 5.88. The molecule has 0 aliphatic carbocycles. The van der Waals surface area contributed by atoms with Gasteiger partial charge in [0.2, 0.25) is 11.9 Å². The van der Waals surface area contributed by atoms with Gasteiger partial charge in [0, 0.05) is 0 Å². The first kappa shape index (κ1) is 12.9. The van der Waals surface area contributed by atoms with E-state index in [1.54, 1.807) is 11.8 Å². The summed E-state index contributed by atoms with van der Waals surface area (Å²) < 4.78 is 0. The third-order valence-corrected chi connectivity index (χ3v) is 3.24. The Kier molecular flexibility index (Phi) is 4.22. The number of nitrogens with one attached hydrogen (secondary N) is 2. The van der Waals surface area contributed by atoms with E-state index >= 15 is 0 Å². The summed E-state index contributed by atoms with van der Waals surface area (Å²) in [7, 11) is 0. The van der Waals surface area contributed by atoms with Crippen molar-refractivity contribution in [1.82, 2.24) is 9.97 Å². The van der Waals surface area contributed by atoms with Crippen molar-refractivity contribution in [3.8, 4) is 0 Å². The lowest BCUT2D eigenvalue weighted by atomic mass is 10.2. The molecule has 0 spiro atoms. The van der Waals surface area contributed by atoms with Crippen LogP contribution in [-0.4, -0.2) is 33.9 Å². The minimum atomic E-state index is -0.495. The number of imidazole rings is 1. The normalized spacial score (nSPS) is 12.6. The van der Waals surface area contributed by atoms with Gasteiger partial charge in [-0.2, -0.15) is 11.8 Å². The van der Waals surface area contributed by atoms with E-state index in [0.717, 1.165) is 16.8 Å². The number of hydrogen-bond acceptors (Lipinski definition) is 4. The van der Waals surface area contributed by atoms with Crippen LogP contribution >= 0.6 is 11.8 Å². The van der Waals surface area contributed by atoms with Crippen LogP contribution in [-0.2, 0) is 4.79 Å². The number of anilines is 1. The Hall–Kier alpha value is -1.53.